The van der Waals surface area contributed by atoms with Gasteiger partial charge in [0.05, 0.1) is 11.4 Å². The monoisotopic (exact) mass is 233 g/mol. The Hall–Kier alpha value is -1.38. The lowest BCUT2D eigenvalue weighted by molar-refractivity contribution is 0.726. The first-order valence-electron chi connectivity index (χ1n) is 6.50. The first-order valence-corrected chi connectivity index (χ1v) is 6.50. The first kappa shape index (κ1) is 12.1. The molecule has 0 spiro atoms. The Morgan fingerprint density at radius 3 is 2.24 bits per heavy atom. The molecule has 1 saturated heterocycles. The molecule has 2 N–H and O–H groups in total. The van der Waals surface area contributed by atoms with Crippen molar-refractivity contribution in [3.8, 4) is 0 Å². The molecule has 1 fully saturated rings. The molecule has 17 heavy (non-hydrogen) atoms. The minimum atomic E-state index is 0.872. The van der Waals surface area contributed by atoms with Gasteiger partial charge in [-0.25, -0.2) is 0 Å². The molecule has 0 radical (unpaired) electrons. The molecule has 1 aliphatic heterocycles. The minimum absolute atomic E-state index is 0.872. The summed E-state index contributed by atoms with van der Waals surface area (Å²) in [5.41, 5.74) is 9.35. The summed E-state index contributed by atoms with van der Waals surface area (Å²) in [4.78, 5) is 4.52. The number of benzene rings is 1. The zero-order valence-electron chi connectivity index (χ0n) is 10.9. The zero-order chi connectivity index (χ0) is 12.3. The van der Waals surface area contributed by atoms with Gasteiger partial charge in [-0.2, -0.15) is 0 Å². The van der Waals surface area contributed by atoms with Gasteiger partial charge in [-0.1, -0.05) is 12.8 Å². The highest BCUT2D eigenvalue weighted by atomic mass is 15.1. The van der Waals surface area contributed by atoms with Crippen LogP contribution in [0, 0.1) is 0 Å². The Morgan fingerprint density at radius 1 is 1.06 bits per heavy atom. The van der Waals surface area contributed by atoms with Gasteiger partial charge in [0.15, 0.2) is 0 Å². The van der Waals surface area contributed by atoms with Gasteiger partial charge in [-0.05, 0) is 31.0 Å². The number of hydrogen-bond donors (Lipinski definition) is 1. The predicted molar refractivity (Wildman–Crippen MR) is 75.9 cm³/mol. The van der Waals surface area contributed by atoms with E-state index in [-0.39, 0.29) is 0 Å². The molecule has 0 bridgehead atoms. The van der Waals surface area contributed by atoms with Crippen LogP contribution < -0.4 is 15.5 Å². The standard InChI is InChI=1S/C14H23N3/c1-16(2)14-8-7-12(11-13(14)15)17-9-5-3-4-6-10-17/h7-8,11H,3-6,9-10,15H2,1-2H3. The lowest BCUT2D eigenvalue weighted by Crippen LogP contribution is -2.24. The highest BCUT2D eigenvalue weighted by Crippen LogP contribution is 2.28. The molecule has 0 amide bonds. The summed E-state index contributed by atoms with van der Waals surface area (Å²) in [5.74, 6) is 0. The fourth-order valence-electron chi connectivity index (χ4n) is 2.47. The molecule has 3 heteroatoms. The van der Waals surface area contributed by atoms with E-state index in [2.05, 4.69) is 28.0 Å². The normalized spacial score (nSPS) is 16.7. The van der Waals surface area contributed by atoms with E-state index in [4.69, 9.17) is 5.73 Å². The van der Waals surface area contributed by atoms with Crippen molar-refractivity contribution in [2.75, 3.05) is 42.7 Å². The molecule has 94 valence electrons. The summed E-state index contributed by atoms with van der Waals surface area (Å²) < 4.78 is 0. The van der Waals surface area contributed by atoms with Crippen molar-refractivity contribution >= 4 is 17.1 Å². The van der Waals surface area contributed by atoms with Crippen LogP contribution in [-0.2, 0) is 0 Å². The topological polar surface area (TPSA) is 32.5 Å². The van der Waals surface area contributed by atoms with E-state index in [0.717, 1.165) is 11.4 Å². The molecule has 0 saturated carbocycles. The molecule has 0 atom stereocenters. The van der Waals surface area contributed by atoms with Gasteiger partial charge in [0.2, 0.25) is 0 Å². The summed E-state index contributed by atoms with van der Waals surface area (Å²) >= 11 is 0. The van der Waals surface area contributed by atoms with E-state index in [1.807, 2.05) is 14.1 Å². The Bertz CT molecular complexity index is 366. The number of nitrogen functional groups attached to an aromatic ring is 1. The van der Waals surface area contributed by atoms with Gasteiger partial charge < -0.3 is 15.5 Å². The molecule has 1 aliphatic rings. The maximum Gasteiger partial charge on any atom is 0.0596 e. The second-order valence-electron chi connectivity index (χ2n) is 5.04. The SMILES string of the molecule is CN(C)c1ccc(N2CCCCCC2)cc1N. The Morgan fingerprint density at radius 2 is 1.71 bits per heavy atom. The van der Waals surface area contributed by atoms with Crippen LogP contribution in [0.4, 0.5) is 17.1 Å². The summed E-state index contributed by atoms with van der Waals surface area (Å²) in [6, 6.07) is 6.42. The van der Waals surface area contributed by atoms with Crippen LogP contribution in [0.25, 0.3) is 0 Å². The fourth-order valence-corrected chi connectivity index (χ4v) is 2.47. The van der Waals surface area contributed by atoms with Crippen molar-refractivity contribution in [3.05, 3.63) is 18.2 Å². The van der Waals surface area contributed by atoms with Crippen molar-refractivity contribution < 1.29 is 0 Å². The predicted octanol–water partition coefficient (Wildman–Crippen LogP) is 2.72. The van der Waals surface area contributed by atoms with E-state index in [1.54, 1.807) is 0 Å². The molecule has 1 aromatic rings. The van der Waals surface area contributed by atoms with Crippen LogP contribution in [0.3, 0.4) is 0 Å². The lowest BCUT2D eigenvalue weighted by Gasteiger charge is -2.24. The van der Waals surface area contributed by atoms with Gasteiger partial charge in [0.1, 0.15) is 0 Å². The smallest absolute Gasteiger partial charge is 0.0596 e. The average molecular weight is 233 g/mol. The second-order valence-corrected chi connectivity index (χ2v) is 5.04. The minimum Gasteiger partial charge on any atom is -0.397 e. The summed E-state index contributed by atoms with van der Waals surface area (Å²) in [7, 11) is 4.05. The maximum absolute atomic E-state index is 6.10. The van der Waals surface area contributed by atoms with Crippen molar-refractivity contribution in [2.24, 2.45) is 0 Å². The van der Waals surface area contributed by atoms with Gasteiger partial charge in [-0.3, -0.25) is 0 Å². The van der Waals surface area contributed by atoms with Gasteiger partial charge in [-0.15, -0.1) is 0 Å². The van der Waals surface area contributed by atoms with E-state index in [1.165, 1.54) is 44.5 Å². The van der Waals surface area contributed by atoms with Crippen molar-refractivity contribution in [1.82, 2.24) is 0 Å². The molecule has 0 unspecified atom stereocenters. The summed E-state index contributed by atoms with van der Waals surface area (Å²) in [6.45, 7) is 2.33. The van der Waals surface area contributed by atoms with Crippen LogP contribution in [-0.4, -0.2) is 27.2 Å². The number of hydrogen-bond acceptors (Lipinski definition) is 3. The number of nitrogens with two attached hydrogens (primary N) is 1. The van der Waals surface area contributed by atoms with Crippen LogP contribution >= 0.6 is 0 Å². The first-order chi connectivity index (χ1) is 8.18. The molecule has 3 nitrogen and oxygen atoms in total. The van der Waals surface area contributed by atoms with Crippen LogP contribution in [0.2, 0.25) is 0 Å². The second kappa shape index (κ2) is 5.30. The van der Waals surface area contributed by atoms with Gasteiger partial charge >= 0.3 is 0 Å². The lowest BCUT2D eigenvalue weighted by atomic mass is 10.2. The summed E-state index contributed by atoms with van der Waals surface area (Å²) in [5, 5.41) is 0. The highest BCUT2D eigenvalue weighted by molar-refractivity contribution is 5.72. The van der Waals surface area contributed by atoms with Crippen LogP contribution in [0.1, 0.15) is 25.7 Å². The quantitative estimate of drug-likeness (QED) is 0.797. The van der Waals surface area contributed by atoms with E-state index >= 15 is 0 Å². The fraction of sp³-hybridized carbons (Fsp3) is 0.571. The molecule has 0 aromatic heterocycles. The Labute approximate surface area is 104 Å². The third-order valence-electron chi connectivity index (χ3n) is 3.46. The molecular formula is C14H23N3. The number of rotatable bonds is 2. The average Bonchev–Trinajstić information content (AvgIpc) is 2.56. The van der Waals surface area contributed by atoms with E-state index in [0.29, 0.717) is 0 Å². The van der Waals surface area contributed by atoms with Gasteiger partial charge in [0.25, 0.3) is 0 Å². The van der Waals surface area contributed by atoms with Crippen molar-refractivity contribution in [3.63, 3.8) is 0 Å². The number of nitrogens with zero attached hydrogens (tertiary/aromatic N) is 2. The van der Waals surface area contributed by atoms with E-state index < -0.39 is 0 Å². The maximum atomic E-state index is 6.10. The van der Waals surface area contributed by atoms with Gasteiger partial charge in [0, 0.05) is 32.9 Å². The third kappa shape index (κ3) is 2.84. The number of anilines is 3. The molecular weight excluding hydrogens is 210 g/mol. The highest BCUT2D eigenvalue weighted by Gasteiger charge is 2.11. The Kier molecular flexibility index (Phi) is 3.77. The van der Waals surface area contributed by atoms with Crippen LogP contribution in [0.15, 0.2) is 18.2 Å². The largest absolute Gasteiger partial charge is 0.397 e. The Balaban J connectivity index is 2.18. The molecule has 1 heterocycles. The summed E-state index contributed by atoms with van der Waals surface area (Å²) in [6.07, 6.45) is 5.33. The third-order valence-corrected chi connectivity index (χ3v) is 3.46. The van der Waals surface area contributed by atoms with Crippen molar-refractivity contribution in [1.29, 1.82) is 0 Å². The molecule has 2 rings (SSSR count). The molecule has 1 aromatic carbocycles. The van der Waals surface area contributed by atoms with Crippen LogP contribution in [0.5, 0.6) is 0 Å². The zero-order valence-corrected chi connectivity index (χ0v) is 10.9. The van der Waals surface area contributed by atoms with E-state index in [9.17, 15) is 0 Å². The van der Waals surface area contributed by atoms with Crippen molar-refractivity contribution in [2.45, 2.75) is 25.7 Å². The molecule has 0 aliphatic carbocycles.